The Morgan fingerprint density at radius 2 is 0.952 bits per heavy atom. The summed E-state index contributed by atoms with van der Waals surface area (Å²) in [5, 5.41) is -4.18. The van der Waals surface area contributed by atoms with Gasteiger partial charge in [0.2, 0.25) is 0 Å². The molecule has 0 bridgehead atoms. The van der Waals surface area contributed by atoms with Gasteiger partial charge in [-0.1, -0.05) is 127 Å². The predicted octanol–water partition coefficient (Wildman–Crippen LogP) is 11.6. The Morgan fingerprint density at radius 1 is 0.429 bits per heavy atom. The van der Waals surface area contributed by atoms with Crippen LogP contribution in [0.1, 0.15) is 32.9 Å². The minimum Gasteiger partial charge on any atom is -0.463 e. The van der Waals surface area contributed by atoms with Crippen LogP contribution in [0.25, 0.3) is 87.8 Å². The molecule has 2 nitrogen and oxygen atoms in total. The van der Waals surface area contributed by atoms with Crippen LogP contribution in [0, 0.1) is 0 Å². The van der Waals surface area contributed by atoms with Crippen molar-refractivity contribution in [2.24, 2.45) is 0 Å². The van der Waals surface area contributed by atoms with E-state index in [-0.39, 0.29) is 0 Å². The van der Waals surface area contributed by atoms with E-state index < -0.39 is 233 Å². The summed E-state index contributed by atoms with van der Waals surface area (Å²) in [4.78, 5) is 0. The topological polar surface area (TPSA) is 26.3 Å². The van der Waals surface area contributed by atoms with Crippen molar-refractivity contribution in [1.29, 1.82) is 0 Å². The fourth-order valence-corrected chi connectivity index (χ4v) is 5.28. The molecule has 0 aliphatic carbocycles. The first-order valence-corrected chi connectivity index (χ1v) is 12.3. The Balaban J connectivity index is 1.73. The van der Waals surface area contributed by atoms with E-state index in [1.54, 1.807) is 0 Å². The highest BCUT2D eigenvalue weighted by Gasteiger charge is 2.25. The highest BCUT2D eigenvalue weighted by Crippen LogP contribution is 2.50. The normalized spacial score (nSPS) is 19.8. The van der Waals surface area contributed by atoms with Crippen LogP contribution in [0.4, 0.5) is 0 Å². The number of benzene rings is 7. The van der Waals surface area contributed by atoms with Crippen molar-refractivity contribution in [3.05, 3.63) is 145 Å². The number of furan rings is 2. The van der Waals surface area contributed by atoms with Crippen molar-refractivity contribution in [3.8, 4) is 33.4 Å². The standard InChI is InChI=1S/C40H24O2/c1-3-13-25(14-4-1)33-24-41-40-32(33)23-35-38(31-21-11-12-22-34(31)42-35)39(40)37-29-19-9-7-17-27(29)36(26-15-5-2-6-16-26)28-18-8-10-20-30(28)37/h1-24H/i1D,2D,3D,4D,5D,6D,7D,8D,9D,10D,11D,12D,13D,14D,15D,16D,17D,18D,19D,20D,21D,22D,23D,24D. The second-order valence-electron chi connectivity index (χ2n) is 9.04. The van der Waals surface area contributed by atoms with E-state index in [1.165, 1.54) is 0 Å². The summed E-state index contributed by atoms with van der Waals surface area (Å²) in [6.45, 7) is 0. The Labute approximate surface area is 275 Å². The molecule has 196 valence electrons. The highest BCUT2D eigenvalue weighted by molar-refractivity contribution is 6.30. The van der Waals surface area contributed by atoms with Gasteiger partial charge >= 0.3 is 0 Å². The molecule has 2 aromatic heterocycles. The number of hydrogen-bond acceptors (Lipinski definition) is 2. The average Bonchev–Trinajstić information content (AvgIpc) is 3.86. The Kier molecular flexibility index (Phi) is 2.08. The number of para-hydroxylation sites is 1. The van der Waals surface area contributed by atoms with Crippen molar-refractivity contribution >= 4 is 54.5 Å². The lowest BCUT2D eigenvalue weighted by molar-refractivity contribution is 0.618. The van der Waals surface area contributed by atoms with Crippen LogP contribution >= 0.6 is 0 Å². The quantitative estimate of drug-likeness (QED) is 0.201. The SMILES string of the molecule is [2H]c1oc2c(-c3c4c([2H])c([2H])c([2H])c([2H])c4c(-c4c([2H])c([2H])c([2H])c([2H])c4[2H])c4c([2H])c([2H])c([2H])c([2H])c34)c3c(oc4c([2H])c([2H])c([2H])c([2H])c43)c([2H])c2c1-c1c([2H])c([2H])c([2H])c([2H])c1[2H]. The number of fused-ring (bicyclic) bond motifs is 6. The summed E-state index contributed by atoms with van der Waals surface area (Å²) >= 11 is 0. The van der Waals surface area contributed by atoms with Crippen molar-refractivity contribution in [3.63, 3.8) is 0 Å². The Bertz CT molecular complexity index is 3670. The second kappa shape index (κ2) is 8.95. The zero-order chi connectivity index (χ0) is 48.5. The molecule has 0 amide bonds. The first kappa shape index (κ1) is 9.75. The molecule has 0 fully saturated rings. The minimum atomic E-state index is -0.954. The second-order valence-corrected chi connectivity index (χ2v) is 9.04. The third-order valence-corrected chi connectivity index (χ3v) is 6.91. The molecule has 0 aliphatic rings. The third kappa shape index (κ3) is 3.27. The van der Waals surface area contributed by atoms with Gasteiger partial charge < -0.3 is 8.83 Å². The number of hydrogen-bond donors (Lipinski definition) is 0. The minimum absolute atomic E-state index is 0.478. The summed E-state index contributed by atoms with van der Waals surface area (Å²) in [5.41, 5.74) is -5.73. The largest absolute Gasteiger partial charge is 0.463 e. The molecule has 7 aromatic carbocycles. The van der Waals surface area contributed by atoms with E-state index in [0.717, 1.165) is 0 Å². The summed E-state index contributed by atoms with van der Waals surface area (Å²) in [6, 6.07) is -20.3. The average molecular weight is 561 g/mol. The van der Waals surface area contributed by atoms with E-state index in [9.17, 15) is 6.85 Å². The molecular weight excluding hydrogens is 512 g/mol. The van der Waals surface area contributed by atoms with Crippen LogP contribution in [-0.2, 0) is 0 Å². The van der Waals surface area contributed by atoms with Crippen LogP contribution < -0.4 is 0 Å². The summed E-state index contributed by atoms with van der Waals surface area (Å²) in [5.74, 6) is 0. The van der Waals surface area contributed by atoms with Crippen molar-refractivity contribution in [1.82, 2.24) is 0 Å². The van der Waals surface area contributed by atoms with Crippen LogP contribution in [0.2, 0.25) is 0 Å². The molecule has 0 N–H and O–H groups in total. The summed E-state index contributed by atoms with van der Waals surface area (Å²) in [7, 11) is 0. The van der Waals surface area contributed by atoms with Gasteiger partial charge in [0.1, 0.15) is 18.1 Å². The molecule has 0 aliphatic heterocycles. The Hall–Kier alpha value is -5.60. The van der Waals surface area contributed by atoms with E-state index in [4.69, 9.17) is 34.9 Å². The maximum atomic E-state index is 9.58. The van der Waals surface area contributed by atoms with Crippen LogP contribution in [0.3, 0.4) is 0 Å². The van der Waals surface area contributed by atoms with Crippen LogP contribution in [-0.4, -0.2) is 0 Å². The molecule has 9 aromatic rings. The van der Waals surface area contributed by atoms with Crippen molar-refractivity contribution < 1.29 is 41.7 Å². The van der Waals surface area contributed by atoms with Gasteiger partial charge in [0, 0.05) is 32.8 Å². The maximum Gasteiger partial charge on any atom is 0.143 e. The predicted molar refractivity (Wildman–Crippen MR) is 175 cm³/mol. The molecule has 0 saturated heterocycles. The van der Waals surface area contributed by atoms with Gasteiger partial charge in [-0.15, -0.1) is 0 Å². The van der Waals surface area contributed by atoms with Crippen LogP contribution in [0.5, 0.6) is 0 Å². The summed E-state index contributed by atoms with van der Waals surface area (Å²) in [6.07, 6.45) is -0.953. The lowest BCUT2D eigenvalue weighted by Gasteiger charge is -2.18. The summed E-state index contributed by atoms with van der Waals surface area (Å²) < 4.78 is 225. The van der Waals surface area contributed by atoms with Crippen LogP contribution in [0.15, 0.2) is 154 Å². The van der Waals surface area contributed by atoms with E-state index in [2.05, 4.69) is 0 Å². The fraction of sp³-hybridized carbons (Fsp3) is 0. The molecule has 42 heavy (non-hydrogen) atoms. The first-order chi connectivity index (χ1) is 30.8. The molecule has 2 heterocycles. The van der Waals surface area contributed by atoms with E-state index >= 15 is 0 Å². The molecule has 2 heteroatoms. The lowest BCUT2D eigenvalue weighted by atomic mass is 9.84. The third-order valence-electron chi connectivity index (χ3n) is 6.91. The van der Waals surface area contributed by atoms with Gasteiger partial charge in [0.15, 0.2) is 0 Å². The zero-order valence-electron chi connectivity index (χ0n) is 44.8. The molecule has 0 saturated carbocycles. The molecule has 0 radical (unpaired) electrons. The first-order valence-electron chi connectivity index (χ1n) is 24.3. The number of rotatable bonds is 3. The van der Waals surface area contributed by atoms with Gasteiger partial charge in [0.05, 0.1) is 37.8 Å². The molecule has 0 spiro atoms. The Morgan fingerprint density at radius 3 is 1.60 bits per heavy atom. The van der Waals surface area contributed by atoms with E-state index in [0.29, 0.717) is 0 Å². The fourth-order valence-electron chi connectivity index (χ4n) is 5.28. The lowest BCUT2D eigenvalue weighted by Crippen LogP contribution is -1.92. The molecule has 0 atom stereocenters. The smallest absolute Gasteiger partial charge is 0.143 e. The van der Waals surface area contributed by atoms with Gasteiger partial charge in [-0.2, -0.15) is 0 Å². The van der Waals surface area contributed by atoms with Gasteiger partial charge in [0.25, 0.3) is 0 Å². The zero-order valence-corrected chi connectivity index (χ0v) is 20.8. The highest BCUT2D eigenvalue weighted by atomic mass is 16.3. The van der Waals surface area contributed by atoms with E-state index in [1.807, 2.05) is 0 Å². The van der Waals surface area contributed by atoms with Gasteiger partial charge in [-0.25, -0.2) is 0 Å². The van der Waals surface area contributed by atoms with Crippen molar-refractivity contribution in [2.45, 2.75) is 0 Å². The maximum absolute atomic E-state index is 9.58. The monoisotopic (exact) mass is 560 g/mol. The van der Waals surface area contributed by atoms with Gasteiger partial charge in [-0.3, -0.25) is 0 Å². The molecule has 0 unspecified atom stereocenters. The van der Waals surface area contributed by atoms with Crippen molar-refractivity contribution in [2.75, 3.05) is 0 Å². The molecular formula is C40H24O2. The van der Waals surface area contributed by atoms with Gasteiger partial charge in [-0.05, 0) is 50.3 Å². The molecule has 9 rings (SSSR count).